The van der Waals surface area contributed by atoms with Crippen LogP contribution >= 0.6 is 0 Å². The largest absolute Gasteiger partial charge is 0.488 e. The first-order valence-corrected chi connectivity index (χ1v) is 11.1. The van der Waals surface area contributed by atoms with E-state index >= 15 is 0 Å². The Kier molecular flexibility index (Phi) is 5.66. The third-order valence-corrected chi connectivity index (χ3v) is 6.71. The molecule has 32 heavy (non-hydrogen) atoms. The number of rotatable bonds is 5. The third kappa shape index (κ3) is 4.01. The molecule has 2 aliphatic heterocycles. The van der Waals surface area contributed by atoms with Gasteiger partial charge in [-0.3, -0.25) is 0 Å². The van der Waals surface area contributed by atoms with Crippen LogP contribution in [-0.4, -0.2) is 58.6 Å². The van der Waals surface area contributed by atoms with Crippen LogP contribution in [-0.2, 0) is 15.9 Å². The van der Waals surface area contributed by atoms with Crippen LogP contribution < -0.4 is 4.74 Å². The fourth-order valence-electron chi connectivity index (χ4n) is 4.62. The van der Waals surface area contributed by atoms with Gasteiger partial charge in [0.15, 0.2) is 0 Å². The minimum atomic E-state index is -1.27. The van der Waals surface area contributed by atoms with Gasteiger partial charge in [0.2, 0.25) is 0 Å². The van der Waals surface area contributed by atoms with E-state index in [4.69, 9.17) is 14.2 Å². The van der Waals surface area contributed by atoms with E-state index in [1.54, 1.807) is 12.1 Å². The van der Waals surface area contributed by atoms with Gasteiger partial charge in [0.25, 0.3) is 0 Å². The van der Waals surface area contributed by atoms with E-state index in [0.717, 1.165) is 29.9 Å². The Bertz CT molecular complexity index is 1010. The van der Waals surface area contributed by atoms with E-state index < -0.39 is 30.0 Å². The highest BCUT2D eigenvalue weighted by Crippen LogP contribution is 2.51. The summed E-state index contributed by atoms with van der Waals surface area (Å²) < 4.78 is 17.3. The lowest BCUT2D eigenvalue weighted by atomic mass is 9.88. The Hall–Kier alpha value is -2.47. The number of nitriles is 1. The lowest BCUT2D eigenvalue weighted by Gasteiger charge is -2.41. The second kappa shape index (κ2) is 8.47. The lowest BCUT2D eigenvalue weighted by molar-refractivity contribution is -0.236. The van der Waals surface area contributed by atoms with Crippen LogP contribution in [0.3, 0.4) is 0 Å². The number of aliphatic hydroxyl groups is 3. The highest BCUT2D eigenvalue weighted by molar-refractivity contribution is 5.44. The van der Waals surface area contributed by atoms with Crippen LogP contribution in [0.15, 0.2) is 42.5 Å². The summed E-state index contributed by atoms with van der Waals surface area (Å²) in [4.78, 5) is 0. The van der Waals surface area contributed by atoms with Crippen molar-refractivity contribution < 1.29 is 29.5 Å². The molecule has 7 nitrogen and oxygen atoms in total. The van der Waals surface area contributed by atoms with Crippen molar-refractivity contribution in [2.75, 3.05) is 13.2 Å². The van der Waals surface area contributed by atoms with Gasteiger partial charge in [-0.05, 0) is 54.2 Å². The van der Waals surface area contributed by atoms with Crippen molar-refractivity contribution in [1.29, 1.82) is 5.26 Å². The summed E-state index contributed by atoms with van der Waals surface area (Å²) >= 11 is 0. The van der Waals surface area contributed by atoms with Crippen molar-refractivity contribution in [3.8, 4) is 11.8 Å². The fourth-order valence-corrected chi connectivity index (χ4v) is 4.62. The average Bonchev–Trinajstić information content (AvgIpc) is 3.41. The molecule has 2 aromatic rings. The van der Waals surface area contributed by atoms with Crippen LogP contribution in [0.5, 0.6) is 5.75 Å². The number of aliphatic hydroxyl groups excluding tert-OH is 3. The zero-order chi connectivity index (χ0) is 22.3. The van der Waals surface area contributed by atoms with Crippen LogP contribution in [0.1, 0.15) is 47.6 Å². The van der Waals surface area contributed by atoms with Gasteiger partial charge in [0.1, 0.15) is 36.3 Å². The summed E-state index contributed by atoms with van der Waals surface area (Å²) in [5.41, 5.74) is 2.28. The van der Waals surface area contributed by atoms with Gasteiger partial charge in [0, 0.05) is 6.42 Å². The molecule has 3 N–H and O–H groups in total. The zero-order valence-electron chi connectivity index (χ0n) is 17.7. The van der Waals surface area contributed by atoms with Gasteiger partial charge in [-0.25, -0.2) is 0 Å². The molecule has 1 saturated carbocycles. The molecule has 0 bridgehead atoms. The van der Waals surface area contributed by atoms with Crippen molar-refractivity contribution >= 4 is 0 Å². The van der Waals surface area contributed by atoms with Crippen LogP contribution in [0, 0.1) is 11.3 Å². The van der Waals surface area contributed by atoms with Gasteiger partial charge in [-0.15, -0.1) is 0 Å². The SMILES string of the molecule is N#Cc1ccc([C@@H]2OC3(CC3)[C@@H](O)[C@H](O)[C@H]2O)cc1Cc1ccc(OC2CCOC2)cc1. The van der Waals surface area contributed by atoms with E-state index in [1.807, 2.05) is 30.3 Å². The molecule has 3 fully saturated rings. The molecule has 3 aliphatic rings. The molecule has 2 saturated heterocycles. The van der Waals surface area contributed by atoms with Gasteiger partial charge < -0.3 is 29.5 Å². The fraction of sp³-hybridized carbons (Fsp3) is 0.480. The first kappa shape index (κ1) is 21.4. The van der Waals surface area contributed by atoms with Crippen molar-refractivity contribution in [3.05, 3.63) is 64.7 Å². The van der Waals surface area contributed by atoms with E-state index in [2.05, 4.69) is 6.07 Å². The van der Waals surface area contributed by atoms with Crippen molar-refractivity contribution in [2.24, 2.45) is 0 Å². The second-order valence-electron chi connectivity index (χ2n) is 8.98. The number of hydrogen-bond donors (Lipinski definition) is 3. The highest BCUT2D eigenvalue weighted by Gasteiger charge is 2.60. The summed E-state index contributed by atoms with van der Waals surface area (Å²) in [5, 5.41) is 40.7. The third-order valence-electron chi connectivity index (χ3n) is 6.71. The maximum Gasteiger partial charge on any atom is 0.124 e. The molecule has 5 rings (SSSR count). The smallest absolute Gasteiger partial charge is 0.124 e. The molecule has 1 unspecified atom stereocenters. The molecule has 7 heteroatoms. The quantitative estimate of drug-likeness (QED) is 0.656. The van der Waals surface area contributed by atoms with E-state index in [9.17, 15) is 20.6 Å². The molecule has 0 aromatic heterocycles. The number of nitrogens with zero attached hydrogens (tertiary/aromatic N) is 1. The minimum Gasteiger partial charge on any atom is -0.488 e. The topological polar surface area (TPSA) is 112 Å². The summed E-state index contributed by atoms with van der Waals surface area (Å²) in [6.45, 7) is 1.34. The average molecular weight is 437 g/mol. The molecule has 2 aromatic carbocycles. The van der Waals surface area contributed by atoms with Crippen molar-refractivity contribution in [1.82, 2.24) is 0 Å². The molecule has 0 amide bonds. The number of hydrogen-bond acceptors (Lipinski definition) is 7. The normalized spacial score (nSPS) is 30.8. The van der Waals surface area contributed by atoms with Crippen LogP contribution in [0.4, 0.5) is 0 Å². The van der Waals surface area contributed by atoms with Gasteiger partial charge in [0.05, 0.1) is 30.4 Å². The predicted octanol–water partition coefficient (Wildman–Crippen LogP) is 2.00. The minimum absolute atomic E-state index is 0.0910. The zero-order valence-corrected chi connectivity index (χ0v) is 17.7. The Morgan fingerprint density at radius 3 is 2.50 bits per heavy atom. The van der Waals surface area contributed by atoms with Crippen molar-refractivity contribution in [2.45, 2.75) is 61.8 Å². The molecule has 1 spiro atoms. The molecule has 0 radical (unpaired) electrons. The maximum atomic E-state index is 10.6. The van der Waals surface area contributed by atoms with E-state index in [1.165, 1.54) is 0 Å². The van der Waals surface area contributed by atoms with Gasteiger partial charge in [-0.2, -0.15) is 5.26 Å². The first-order chi connectivity index (χ1) is 15.5. The van der Waals surface area contributed by atoms with Crippen LogP contribution in [0.2, 0.25) is 0 Å². The van der Waals surface area contributed by atoms with Gasteiger partial charge >= 0.3 is 0 Å². The lowest BCUT2D eigenvalue weighted by Crippen LogP contribution is -2.55. The predicted molar refractivity (Wildman–Crippen MR) is 114 cm³/mol. The molecule has 1 aliphatic carbocycles. The van der Waals surface area contributed by atoms with Gasteiger partial charge in [-0.1, -0.05) is 24.3 Å². The molecule has 2 heterocycles. The standard InChI is InChI=1S/C25H27NO6/c26-13-17-4-3-16(23-21(27)22(28)24(29)25(32-23)8-9-25)12-18(17)11-15-1-5-19(6-2-15)31-20-7-10-30-14-20/h1-6,12,20-24,27-29H,7-11,14H2/t20?,21-,22-,23+,24+/m1/s1. The maximum absolute atomic E-state index is 10.6. The number of benzene rings is 2. The summed E-state index contributed by atoms with van der Waals surface area (Å²) in [7, 11) is 0. The monoisotopic (exact) mass is 437 g/mol. The molecular formula is C25H27NO6. The molecule has 5 atom stereocenters. The summed E-state index contributed by atoms with van der Waals surface area (Å²) in [6, 6.07) is 15.3. The Morgan fingerprint density at radius 2 is 1.84 bits per heavy atom. The van der Waals surface area contributed by atoms with Crippen molar-refractivity contribution in [3.63, 3.8) is 0 Å². The van der Waals surface area contributed by atoms with Crippen LogP contribution in [0.25, 0.3) is 0 Å². The van der Waals surface area contributed by atoms with E-state index in [-0.39, 0.29) is 6.10 Å². The Morgan fingerprint density at radius 1 is 1.06 bits per heavy atom. The number of ether oxygens (including phenoxy) is 3. The first-order valence-electron chi connectivity index (χ1n) is 11.1. The Labute approximate surface area is 186 Å². The summed E-state index contributed by atoms with van der Waals surface area (Å²) in [5.74, 6) is 0.791. The second-order valence-corrected chi connectivity index (χ2v) is 8.98. The Balaban J connectivity index is 1.35. The molecular weight excluding hydrogens is 410 g/mol. The highest BCUT2D eigenvalue weighted by atomic mass is 16.6. The van der Waals surface area contributed by atoms with E-state index in [0.29, 0.717) is 37.0 Å². The molecule has 168 valence electrons. The summed E-state index contributed by atoms with van der Waals surface area (Å²) in [6.07, 6.45) is -1.55.